The van der Waals surface area contributed by atoms with Crippen LogP contribution in [0.15, 0.2) is 35.1 Å². The first-order valence-electron chi connectivity index (χ1n) is 10.1. The highest BCUT2D eigenvalue weighted by Gasteiger charge is 2.58. The number of urea groups is 1. The second-order valence-electron chi connectivity index (χ2n) is 8.28. The van der Waals surface area contributed by atoms with Gasteiger partial charge in [-0.05, 0) is 37.8 Å². The lowest BCUT2D eigenvalue weighted by Crippen LogP contribution is -2.57. The Balaban J connectivity index is 1.59. The zero-order valence-electron chi connectivity index (χ0n) is 17.2. The summed E-state index contributed by atoms with van der Waals surface area (Å²) in [6.45, 7) is 8.04. The van der Waals surface area contributed by atoms with E-state index in [0.29, 0.717) is 38.5 Å². The Hall–Kier alpha value is -2.90. The van der Waals surface area contributed by atoms with Crippen molar-refractivity contribution >= 4 is 18.0 Å². The van der Waals surface area contributed by atoms with E-state index in [4.69, 9.17) is 4.42 Å². The number of nitrogens with zero attached hydrogens (tertiary/aromatic N) is 5. The predicted octanol–water partition coefficient (Wildman–Crippen LogP) is 2.84. The fourth-order valence-corrected chi connectivity index (χ4v) is 4.31. The van der Waals surface area contributed by atoms with Crippen LogP contribution in [0.25, 0.3) is 0 Å². The summed E-state index contributed by atoms with van der Waals surface area (Å²) in [5.74, 6) is 0.156. The van der Waals surface area contributed by atoms with E-state index < -0.39 is 5.54 Å². The molecule has 0 aromatic carbocycles. The lowest BCUT2D eigenvalue weighted by molar-refractivity contribution is -0.134. The SMILES string of the molecule is Cc1cccc(CN2C(=O)N(CC(C)C)C3(CCN(c4ncco4)CC3)C2=O)n1. The van der Waals surface area contributed by atoms with Crippen LogP contribution in [0.2, 0.25) is 0 Å². The minimum Gasteiger partial charge on any atom is -0.432 e. The molecule has 0 aliphatic carbocycles. The summed E-state index contributed by atoms with van der Waals surface area (Å²) in [4.78, 5) is 40.7. The number of hydrogen-bond acceptors (Lipinski definition) is 6. The minimum atomic E-state index is -0.797. The molecule has 0 atom stereocenters. The monoisotopic (exact) mass is 397 g/mol. The Morgan fingerprint density at radius 1 is 1.21 bits per heavy atom. The van der Waals surface area contributed by atoms with E-state index in [1.165, 1.54) is 4.90 Å². The minimum absolute atomic E-state index is 0.112. The molecule has 0 saturated carbocycles. The van der Waals surface area contributed by atoms with Crippen molar-refractivity contribution in [1.82, 2.24) is 19.8 Å². The second kappa shape index (κ2) is 7.50. The number of amides is 3. The van der Waals surface area contributed by atoms with E-state index in [1.54, 1.807) is 17.4 Å². The molecule has 2 aliphatic rings. The number of imide groups is 1. The maximum Gasteiger partial charge on any atom is 0.328 e. The first kappa shape index (κ1) is 19.4. The summed E-state index contributed by atoms with van der Waals surface area (Å²) >= 11 is 0. The number of hydrogen-bond donors (Lipinski definition) is 0. The van der Waals surface area contributed by atoms with Gasteiger partial charge in [0, 0.05) is 25.3 Å². The van der Waals surface area contributed by atoms with Crippen LogP contribution >= 0.6 is 0 Å². The Kier molecular flexibility index (Phi) is 5.02. The largest absolute Gasteiger partial charge is 0.432 e. The molecule has 3 amide bonds. The number of carbonyl (C=O) groups is 2. The van der Waals surface area contributed by atoms with E-state index in [-0.39, 0.29) is 24.4 Å². The number of aromatic nitrogens is 2. The molecule has 2 fully saturated rings. The molecule has 2 aliphatic heterocycles. The van der Waals surface area contributed by atoms with Gasteiger partial charge in [0.2, 0.25) is 0 Å². The van der Waals surface area contributed by atoms with Crippen molar-refractivity contribution in [2.24, 2.45) is 5.92 Å². The van der Waals surface area contributed by atoms with E-state index in [2.05, 4.69) is 23.8 Å². The molecular formula is C21H27N5O3. The highest BCUT2D eigenvalue weighted by Crippen LogP contribution is 2.39. The Morgan fingerprint density at radius 2 is 1.97 bits per heavy atom. The van der Waals surface area contributed by atoms with Crippen molar-refractivity contribution in [2.45, 2.75) is 45.7 Å². The van der Waals surface area contributed by atoms with E-state index in [1.807, 2.05) is 30.0 Å². The third-order valence-electron chi connectivity index (χ3n) is 5.72. The molecule has 2 saturated heterocycles. The zero-order valence-corrected chi connectivity index (χ0v) is 17.2. The van der Waals surface area contributed by atoms with Gasteiger partial charge in [0.15, 0.2) is 0 Å². The second-order valence-corrected chi connectivity index (χ2v) is 8.28. The van der Waals surface area contributed by atoms with Crippen LogP contribution in [-0.2, 0) is 11.3 Å². The molecule has 2 aromatic heterocycles. The van der Waals surface area contributed by atoms with E-state index in [9.17, 15) is 9.59 Å². The van der Waals surface area contributed by atoms with Gasteiger partial charge in [0.1, 0.15) is 11.8 Å². The van der Waals surface area contributed by atoms with Gasteiger partial charge in [-0.3, -0.25) is 14.7 Å². The Morgan fingerprint density at radius 3 is 2.59 bits per heavy atom. The smallest absolute Gasteiger partial charge is 0.328 e. The van der Waals surface area contributed by atoms with Crippen LogP contribution in [-0.4, -0.2) is 56.9 Å². The van der Waals surface area contributed by atoms with Crippen molar-refractivity contribution in [3.63, 3.8) is 0 Å². The Bertz CT molecular complexity index is 887. The molecule has 8 heteroatoms. The molecule has 0 unspecified atom stereocenters. The van der Waals surface area contributed by atoms with Gasteiger partial charge in [0.05, 0.1) is 18.4 Å². The Labute approximate surface area is 170 Å². The number of oxazole rings is 1. The molecule has 29 heavy (non-hydrogen) atoms. The van der Waals surface area contributed by atoms with Crippen LogP contribution in [0.4, 0.5) is 10.8 Å². The van der Waals surface area contributed by atoms with Gasteiger partial charge < -0.3 is 14.2 Å². The molecule has 1 spiro atoms. The maximum atomic E-state index is 13.5. The first-order chi connectivity index (χ1) is 13.9. The van der Waals surface area contributed by atoms with Crippen LogP contribution in [0.5, 0.6) is 0 Å². The third kappa shape index (κ3) is 3.47. The summed E-state index contributed by atoms with van der Waals surface area (Å²) in [6, 6.07) is 6.02. The number of pyridine rings is 1. The summed E-state index contributed by atoms with van der Waals surface area (Å²) in [6.07, 6.45) is 4.28. The average molecular weight is 397 g/mol. The lowest BCUT2D eigenvalue weighted by atomic mass is 9.85. The molecule has 0 radical (unpaired) electrons. The summed E-state index contributed by atoms with van der Waals surface area (Å²) in [5, 5.41) is 0. The summed E-state index contributed by atoms with van der Waals surface area (Å²) < 4.78 is 5.41. The fraction of sp³-hybridized carbons (Fsp3) is 0.524. The van der Waals surface area contributed by atoms with Crippen LogP contribution in [0.1, 0.15) is 38.1 Å². The molecule has 0 bridgehead atoms. The molecule has 4 rings (SSSR count). The topological polar surface area (TPSA) is 82.8 Å². The molecule has 8 nitrogen and oxygen atoms in total. The van der Waals surface area contributed by atoms with Gasteiger partial charge in [-0.1, -0.05) is 19.9 Å². The molecule has 4 heterocycles. The molecule has 2 aromatic rings. The van der Waals surface area contributed by atoms with Crippen molar-refractivity contribution in [2.75, 3.05) is 24.5 Å². The first-order valence-corrected chi connectivity index (χ1v) is 10.1. The third-order valence-corrected chi connectivity index (χ3v) is 5.72. The van der Waals surface area contributed by atoms with Gasteiger partial charge in [0.25, 0.3) is 11.9 Å². The fourth-order valence-electron chi connectivity index (χ4n) is 4.31. The van der Waals surface area contributed by atoms with Crippen molar-refractivity contribution in [3.8, 4) is 0 Å². The highest BCUT2D eigenvalue weighted by atomic mass is 16.4. The van der Waals surface area contributed by atoms with E-state index in [0.717, 1.165) is 11.4 Å². The van der Waals surface area contributed by atoms with Crippen molar-refractivity contribution < 1.29 is 14.0 Å². The number of anilines is 1. The van der Waals surface area contributed by atoms with Gasteiger partial charge in [-0.15, -0.1) is 0 Å². The summed E-state index contributed by atoms with van der Waals surface area (Å²) in [5.41, 5.74) is 0.800. The normalized spacial score (nSPS) is 19.1. The average Bonchev–Trinajstić information content (AvgIpc) is 3.29. The van der Waals surface area contributed by atoms with Gasteiger partial charge >= 0.3 is 6.03 Å². The van der Waals surface area contributed by atoms with Crippen LogP contribution < -0.4 is 4.90 Å². The molecular weight excluding hydrogens is 370 g/mol. The predicted molar refractivity (Wildman–Crippen MR) is 107 cm³/mol. The van der Waals surface area contributed by atoms with Crippen LogP contribution in [0.3, 0.4) is 0 Å². The lowest BCUT2D eigenvalue weighted by Gasteiger charge is -2.42. The number of aryl methyl sites for hydroxylation is 1. The quantitative estimate of drug-likeness (QED) is 0.722. The highest BCUT2D eigenvalue weighted by molar-refractivity contribution is 6.07. The number of rotatable bonds is 5. The standard InChI is InChI=1S/C21H27N5O3/c1-15(2)13-26-20(28)25(14-17-6-4-5-16(3)23-17)18(27)21(26)7-10-24(11-8-21)19-22-9-12-29-19/h4-6,9,12,15H,7-8,10-11,13-14H2,1-3H3. The van der Waals surface area contributed by atoms with E-state index >= 15 is 0 Å². The van der Waals surface area contributed by atoms with Gasteiger partial charge in [-0.2, -0.15) is 0 Å². The number of piperidine rings is 1. The molecule has 0 N–H and O–H groups in total. The zero-order chi connectivity index (χ0) is 20.6. The molecule has 154 valence electrons. The van der Waals surface area contributed by atoms with Crippen molar-refractivity contribution in [1.29, 1.82) is 0 Å². The van der Waals surface area contributed by atoms with Crippen LogP contribution in [0, 0.1) is 12.8 Å². The van der Waals surface area contributed by atoms with Gasteiger partial charge in [-0.25, -0.2) is 9.78 Å². The summed E-state index contributed by atoms with van der Waals surface area (Å²) in [7, 11) is 0. The maximum absolute atomic E-state index is 13.5. The number of carbonyl (C=O) groups excluding carboxylic acids is 2. The van der Waals surface area contributed by atoms with Crippen molar-refractivity contribution in [3.05, 3.63) is 42.0 Å².